The minimum atomic E-state index is -0.447. The normalized spacial score (nSPS) is 19.1. The van der Waals surface area contributed by atoms with Crippen LogP contribution < -0.4 is 4.90 Å². The van der Waals surface area contributed by atoms with Crippen molar-refractivity contribution in [3.8, 4) is 0 Å². The van der Waals surface area contributed by atoms with Crippen molar-refractivity contribution in [2.45, 2.75) is 39.2 Å². The SMILES string of the molecule is C[C@H]1CN(C(=O)OC(C)(C)C)c2ccccc21. The minimum Gasteiger partial charge on any atom is -0.443 e. The van der Waals surface area contributed by atoms with Crippen LogP contribution in [-0.2, 0) is 4.74 Å². The average molecular weight is 233 g/mol. The van der Waals surface area contributed by atoms with Crippen molar-refractivity contribution in [1.29, 1.82) is 0 Å². The van der Waals surface area contributed by atoms with E-state index < -0.39 is 5.60 Å². The quantitative estimate of drug-likeness (QED) is 0.686. The van der Waals surface area contributed by atoms with Gasteiger partial charge >= 0.3 is 6.09 Å². The Labute approximate surface area is 102 Å². The summed E-state index contributed by atoms with van der Waals surface area (Å²) in [5.74, 6) is 0.374. The van der Waals surface area contributed by atoms with E-state index >= 15 is 0 Å². The van der Waals surface area contributed by atoms with Crippen molar-refractivity contribution < 1.29 is 9.53 Å². The zero-order valence-corrected chi connectivity index (χ0v) is 10.9. The minimum absolute atomic E-state index is 0.255. The Morgan fingerprint density at radius 1 is 1.35 bits per heavy atom. The molecule has 1 amide bonds. The number of fused-ring (bicyclic) bond motifs is 1. The summed E-state index contributed by atoms with van der Waals surface area (Å²) >= 11 is 0. The summed E-state index contributed by atoms with van der Waals surface area (Å²) in [6.07, 6.45) is -0.255. The fraction of sp³-hybridized carbons (Fsp3) is 0.500. The van der Waals surface area contributed by atoms with Crippen LogP contribution in [0.15, 0.2) is 24.3 Å². The van der Waals surface area contributed by atoms with Gasteiger partial charge in [-0.25, -0.2) is 4.79 Å². The van der Waals surface area contributed by atoms with Crippen LogP contribution in [0.25, 0.3) is 0 Å². The molecule has 1 atom stereocenters. The van der Waals surface area contributed by atoms with Crippen LogP contribution >= 0.6 is 0 Å². The Balaban J connectivity index is 2.23. The van der Waals surface area contributed by atoms with Crippen molar-refractivity contribution in [1.82, 2.24) is 0 Å². The fourth-order valence-corrected chi connectivity index (χ4v) is 2.11. The zero-order valence-electron chi connectivity index (χ0n) is 10.9. The number of nitrogens with zero attached hydrogens (tertiary/aromatic N) is 1. The number of benzene rings is 1. The van der Waals surface area contributed by atoms with Gasteiger partial charge in [-0.1, -0.05) is 25.1 Å². The van der Waals surface area contributed by atoms with Gasteiger partial charge in [-0.3, -0.25) is 4.90 Å². The van der Waals surface area contributed by atoms with Gasteiger partial charge in [0, 0.05) is 12.5 Å². The predicted molar refractivity (Wildman–Crippen MR) is 68.4 cm³/mol. The summed E-state index contributed by atoms with van der Waals surface area (Å²) < 4.78 is 5.41. The maximum Gasteiger partial charge on any atom is 0.414 e. The number of anilines is 1. The lowest BCUT2D eigenvalue weighted by Crippen LogP contribution is -2.36. The van der Waals surface area contributed by atoms with Crippen LogP contribution in [0.3, 0.4) is 0 Å². The highest BCUT2D eigenvalue weighted by Gasteiger charge is 2.32. The second-order valence-corrected chi connectivity index (χ2v) is 5.55. The highest BCUT2D eigenvalue weighted by Crippen LogP contribution is 2.36. The number of ether oxygens (including phenoxy) is 1. The summed E-state index contributed by atoms with van der Waals surface area (Å²) in [5, 5.41) is 0. The third-order valence-electron chi connectivity index (χ3n) is 2.83. The lowest BCUT2D eigenvalue weighted by Gasteiger charge is -2.24. The maximum absolute atomic E-state index is 12.1. The Morgan fingerprint density at radius 3 is 2.65 bits per heavy atom. The second-order valence-electron chi connectivity index (χ2n) is 5.55. The van der Waals surface area contributed by atoms with Gasteiger partial charge in [-0.15, -0.1) is 0 Å². The second kappa shape index (κ2) is 4.06. The molecule has 1 aliphatic rings. The first-order chi connectivity index (χ1) is 7.88. The molecule has 0 fully saturated rings. The Hall–Kier alpha value is -1.51. The van der Waals surface area contributed by atoms with E-state index in [1.807, 2.05) is 39.0 Å². The van der Waals surface area contributed by atoms with E-state index in [9.17, 15) is 4.79 Å². The first kappa shape index (κ1) is 12.0. The summed E-state index contributed by atoms with van der Waals surface area (Å²) in [6.45, 7) is 8.49. The third-order valence-corrected chi connectivity index (χ3v) is 2.83. The van der Waals surface area contributed by atoms with Gasteiger partial charge in [0.15, 0.2) is 0 Å². The third kappa shape index (κ3) is 2.43. The van der Waals surface area contributed by atoms with E-state index in [1.54, 1.807) is 4.90 Å². The summed E-state index contributed by atoms with van der Waals surface area (Å²) in [4.78, 5) is 13.8. The maximum atomic E-state index is 12.1. The van der Waals surface area contributed by atoms with E-state index in [1.165, 1.54) is 5.56 Å². The van der Waals surface area contributed by atoms with Gasteiger partial charge in [0.2, 0.25) is 0 Å². The van der Waals surface area contributed by atoms with Gasteiger partial charge in [0.25, 0.3) is 0 Å². The van der Waals surface area contributed by atoms with Gasteiger partial charge in [0.05, 0.1) is 5.69 Å². The Bertz CT molecular complexity index is 434. The van der Waals surface area contributed by atoms with E-state index in [-0.39, 0.29) is 6.09 Å². The molecule has 0 spiro atoms. The monoisotopic (exact) mass is 233 g/mol. The van der Waals surface area contributed by atoms with Crippen molar-refractivity contribution in [2.24, 2.45) is 0 Å². The molecular weight excluding hydrogens is 214 g/mol. The molecule has 0 N–H and O–H groups in total. The summed E-state index contributed by atoms with van der Waals surface area (Å²) in [7, 11) is 0. The predicted octanol–water partition coefficient (Wildman–Crippen LogP) is 3.55. The molecule has 0 radical (unpaired) electrons. The lowest BCUT2D eigenvalue weighted by atomic mass is 10.0. The smallest absolute Gasteiger partial charge is 0.414 e. The zero-order chi connectivity index (χ0) is 12.6. The molecule has 0 bridgehead atoms. The fourth-order valence-electron chi connectivity index (χ4n) is 2.11. The van der Waals surface area contributed by atoms with Gasteiger partial charge in [0.1, 0.15) is 5.60 Å². The van der Waals surface area contributed by atoms with Crippen LogP contribution in [0.1, 0.15) is 39.2 Å². The molecule has 1 aliphatic heterocycles. The standard InChI is InChI=1S/C14H19NO2/c1-10-9-15(13(16)17-14(2,3)4)12-8-6-5-7-11(10)12/h5-8,10H,9H2,1-4H3/t10-/m0/s1. The van der Waals surface area contributed by atoms with E-state index in [0.29, 0.717) is 12.5 Å². The highest BCUT2D eigenvalue weighted by atomic mass is 16.6. The molecule has 0 unspecified atom stereocenters. The van der Waals surface area contributed by atoms with Gasteiger partial charge in [-0.2, -0.15) is 0 Å². The number of hydrogen-bond donors (Lipinski definition) is 0. The molecule has 2 rings (SSSR count). The number of para-hydroxylation sites is 1. The molecule has 0 aliphatic carbocycles. The van der Waals surface area contributed by atoms with Crippen molar-refractivity contribution >= 4 is 11.8 Å². The van der Waals surface area contributed by atoms with Crippen LogP contribution in [-0.4, -0.2) is 18.2 Å². The van der Waals surface area contributed by atoms with Crippen LogP contribution in [0, 0.1) is 0 Å². The first-order valence-electron chi connectivity index (χ1n) is 5.98. The topological polar surface area (TPSA) is 29.5 Å². The number of amides is 1. The molecule has 3 heteroatoms. The average Bonchev–Trinajstić information content (AvgIpc) is 2.55. The molecule has 0 aromatic heterocycles. The summed E-state index contributed by atoms with van der Waals surface area (Å²) in [6, 6.07) is 8.01. The Morgan fingerprint density at radius 2 is 2.00 bits per heavy atom. The number of carbonyl (C=O) groups is 1. The molecule has 1 heterocycles. The van der Waals surface area contributed by atoms with Crippen molar-refractivity contribution in [2.75, 3.05) is 11.4 Å². The molecule has 3 nitrogen and oxygen atoms in total. The van der Waals surface area contributed by atoms with E-state index in [4.69, 9.17) is 4.74 Å². The molecular formula is C14H19NO2. The van der Waals surface area contributed by atoms with Crippen molar-refractivity contribution in [3.63, 3.8) is 0 Å². The molecule has 1 aromatic carbocycles. The summed E-state index contributed by atoms with van der Waals surface area (Å²) in [5.41, 5.74) is 1.75. The molecule has 0 saturated heterocycles. The number of hydrogen-bond acceptors (Lipinski definition) is 2. The van der Waals surface area contributed by atoms with Crippen LogP contribution in [0.5, 0.6) is 0 Å². The number of carbonyl (C=O) groups excluding carboxylic acids is 1. The lowest BCUT2D eigenvalue weighted by molar-refractivity contribution is 0.0582. The molecule has 17 heavy (non-hydrogen) atoms. The van der Waals surface area contributed by atoms with E-state index in [0.717, 1.165) is 5.69 Å². The van der Waals surface area contributed by atoms with Crippen molar-refractivity contribution in [3.05, 3.63) is 29.8 Å². The Kier molecular flexibility index (Phi) is 2.86. The van der Waals surface area contributed by atoms with E-state index in [2.05, 4.69) is 13.0 Å². The van der Waals surface area contributed by atoms with Crippen LogP contribution in [0.2, 0.25) is 0 Å². The van der Waals surface area contributed by atoms with Gasteiger partial charge < -0.3 is 4.74 Å². The molecule has 0 saturated carbocycles. The largest absolute Gasteiger partial charge is 0.443 e. The molecule has 1 aromatic rings. The molecule has 92 valence electrons. The van der Waals surface area contributed by atoms with Gasteiger partial charge in [-0.05, 0) is 32.4 Å². The highest BCUT2D eigenvalue weighted by molar-refractivity contribution is 5.91. The number of rotatable bonds is 0. The van der Waals surface area contributed by atoms with Crippen LogP contribution in [0.4, 0.5) is 10.5 Å². The first-order valence-corrected chi connectivity index (χ1v) is 5.98.